The molecule has 0 spiro atoms. The topological polar surface area (TPSA) is 134 Å². The molecule has 184 valence electrons. The van der Waals surface area contributed by atoms with Crippen LogP contribution in [-0.4, -0.2) is 69.0 Å². The van der Waals surface area contributed by atoms with E-state index in [2.05, 4.69) is 19.9 Å². The molecule has 1 aliphatic heterocycles. The molecule has 0 aromatic heterocycles. The van der Waals surface area contributed by atoms with Crippen LogP contribution >= 0.6 is 0 Å². The summed E-state index contributed by atoms with van der Waals surface area (Å²) in [6.45, 7) is 4.53. The molecule has 8 nitrogen and oxygen atoms in total. The van der Waals surface area contributed by atoms with Gasteiger partial charge in [0.25, 0.3) is 0 Å². The first kappa shape index (κ1) is 23.4. The molecule has 1 saturated heterocycles. The molecule has 5 aliphatic rings. The third-order valence-electron chi connectivity index (χ3n) is 9.91. The molecule has 5 rings (SSSR count). The number of aliphatic hydroxyl groups excluding tert-OH is 3. The minimum Gasteiger partial charge on any atom is -0.479 e. The molecule has 8 heteroatoms. The minimum absolute atomic E-state index is 0.0566. The fourth-order valence-corrected chi connectivity index (χ4v) is 7.87. The van der Waals surface area contributed by atoms with Crippen molar-refractivity contribution in [3.8, 4) is 0 Å². The van der Waals surface area contributed by atoms with Gasteiger partial charge in [-0.3, -0.25) is 4.79 Å². The zero-order valence-corrected chi connectivity index (χ0v) is 19.4. The number of ether oxygens (including phenoxy) is 2. The molecular formula is C25H36O8. The van der Waals surface area contributed by atoms with Crippen molar-refractivity contribution in [1.82, 2.24) is 0 Å². The molecule has 33 heavy (non-hydrogen) atoms. The van der Waals surface area contributed by atoms with Crippen LogP contribution in [0.25, 0.3) is 0 Å². The Balaban J connectivity index is 1.30. The zero-order valence-electron chi connectivity index (χ0n) is 19.4. The number of carbonyl (C=O) groups is 2. The van der Waals surface area contributed by atoms with Crippen molar-refractivity contribution in [2.45, 2.75) is 102 Å². The Morgan fingerprint density at radius 3 is 2.45 bits per heavy atom. The van der Waals surface area contributed by atoms with Gasteiger partial charge < -0.3 is 29.9 Å². The van der Waals surface area contributed by atoms with Gasteiger partial charge >= 0.3 is 5.97 Å². The average molecular weight is 465 g/mol. The number of rotatable bonds is 3. The minimum atomic E-state index is -1.72. The number of aliphatic hydroxyl groups is 3. The van der Waals surface area contributed by atoms with Crippen LogP contribution in [0.3, 0.4) is 0 Å². The second kappa shape index (κ2) is 8.12. The maximum absolute atomic E-state index is 12.6. The first-order chi connectivity index (χ1) is 15.6. The van der Waals surface area contributed by atoms with Crippen LogP contribution in [0.1, 0.15) is 65.2 Å². The molecule has 3 saturated carbocycles. The zero-order chi connectivity index (χ0) is 23.7. The molecule has 1 heterocycles. The van der Waals surface area contributed by atoms with E-state index >= 15 is 0 Å². The number of aliphatic carboxylic acids is 1. The van der Waals surface area contributed by atoms with Gasteiger partial charge in [0.1, 0.15) is 24.1 Å². The lowest BCUT2D eigenvalue weighted by Gasteiger charge is -2.57. The quantitative estimate of drug-likeness (QED) is 0.465. The number of ketones is 1. The summed E-state index contributed by atoms with van der Waals surface area (Å²) in [7, 11) is 0. The Morgan fingerprint density at radius 2 is 1.73 bits per heavy atom. The number of carboxylic acids is 1. The van der Waals surface area contributed by atoms with Gasteiger partial charge in [-0.25, -0.2) is 4.79 Å². The fourth-order valence-electron chi connectivity index (χ4n) is 7.87. The van der Waals surface area contributed by atoms with Crippen LogP contribution in [0.15, 0.2) is 11.6 Å². The predicted molar refractivity (Wildman–Crippen MR) is 116 cm³/mol. The first-order valence-electron chi connectivity index (χ1n) is 12.4. The van der Waals surface area contributed by atoms with Gasteiger partial charge in [-0.2, -0.15) is 0 Å². The standard InChI is InChI=1S/C25H36O8/c1-24-9-7-13(32-23-20(29)18(27)19(28)21(33-23)22(30)31)11-12(24)3-4-14-15-5-6-17(26)25(15,2)10-8-16(14)24/h3,13-16,18-21,23,27-29H,4-11H2,1-2H3,(H,30,31)/t13?,14?,15?,16?,18-,19-,20+,21?,23+,24?,25?/m0/s1. The first-order valence-corrected chi connectivity index (χ1v) is 12.4. The van der Waals surface area contributed by atoms with Crippen LogP contribution in [0.4, 0.5) is 0 Å². The van der Waals surface area contributed by atoms with E-state index in [0.29, 0.717) is 30.0 Å². The lowest BCUT2D eigenvalue weighted by molar-refractivity contribution is -0.306. The van der Waals surface area contributed by atoms with E-state index in [-0.39, 0.29) is 16.9 Å². The highest BCUT2D eigenvalue weighted by molar-refractivity contribution is 5.87. The lowest BCUT2D eigenvalue weighted by Crippen LogP contribution is -2.61. The van der Waals surface area contributed by atoms with Gasteiger partial charge in [0.05, 0.1) is 6.10 Å². The Bertz CT molecular complexity index is 855. The van der Waals surface area contributed by atoms with E-state index in [1.165, 1.54) is 5.57 Å². The molecule has 4 aliphatic carbocycles. The Hall–Kier alpha value is -1.32. The summed E-state index contributed by atoms with van der Waals surface area (Å²) in [5.41, 5.74) is 1.25. The molecule has 0 radical (unpaired) electrons. The average Bonchev–Trinajstić information content (AvgIpc) is 3.08. The summed E-state index contributed by atoms with van der Waals surface area (Å²) in [5.74, 6) is 0.596. The van der Waals surface area contributed by atoms with Crippen LogP contribution in [0.2, 0.25) is 0 Å². The van der Waals surface area contributed by atoms with E-state index in [4.69, 9.17) is 9.47 Å². The molecule has 0 aromatic rings. The molecule has 0 aromatic carbocycles. The van der Waals surface area contributed by atoms with E-state index in [0.717, 1.165) is 44.9 Å². The fraction of sp³-hybridized carbons (Fsp3) is 0.840. The molecule has 0 amide bonds. The number of carboxylic acid groups (broad SMARTS) is 1. The van der Waals surface area contributed by atoms with Crippen LogP contribution < -0.4 is 0 Å². The highest BCUT2D eigenvalue weighted by atomic mass is 16.7. The van der Waals surface area contributed by atoms with Crippen LogP contribution in [0, 0.1) is 28.6 Å². The van der Waals surface area contributed by atoms with Gasteiger partial charge in [0.15, 0.2) is 12.4 Å². The highest BCUT2D eigenvalue weighted by Crippen LogP contribution is 2.64. The Labute approximate surface area is 194 Å². The Morgan fingerprint density at radius 1 is 1.03 bits per heavy atom. The maximum atomic E-state index is 12.6. The summed E-state index contributed by atoms with van der Waals surface area (Å²) < 4.78 is 11.3. The smallest absolute Gasteiger partial charge is 0.335 e. The summed E-state index contributed by atoms with van der Waals surface area (Å²) in [5, 5.41) is 39.6. The summed E-state index contributed by atoms with van der Waals surface area (Å²) in [4.78, 5) is 24.0. The van der Waals surface area contributed by atoms with Crippen molar-refractivity contribution in [1.29, 1.82) is 0 Å². The van der Waals surface area contributed by atoms with Crippen molar-refractivity contribution in [3.05, 3.63) is 11.6 Å². The summed E-state index contributed by atoms with van der Waals surface area (Å²) >= 11 is 0. The molecular weight excluding hydrogens is 428 g/mol. The van der Waals surface area contributed by atoms with E-state index in [1.807, 2.05) is 0 Å². The van der Waals surface area contributed by atoms with Crippen molar-refractivity contribution in [2.24, 2.45) is 28.6 Å². The van der Waals surface area contributed by atoms with Gasteiger partial charge in [0.2, 0.25) is 0 Å². The van der Waals surface area contributed by atoms with Crippen molar-refractivity contribution in [2.75, 3.05) is 0 Å². The summed E-state index contributed by atoms with van der Waals surface area (Å²) in [6.07, 6.45) is 1.28. The largest absolute Gasteiger partial charge is 0.479 e. The number of allylic oxidation sites excluding steroid dienone is 1. The Kier molecular flexibility index (Phi) is 5.77. The number of carbonyl (C=O) groups excluding carboxylic acids is 1. The third-order valence-corrected chi connectivity index (χ3v) is 9.91. The molecule has 7 unspecified atom stereocenters. The predicted octanol–water partition coefficient (Wildman–Crippen LogP) is 1.80. The number of hydrogen-bond donors (Lipinski definition) is 4. The van der Waals surface area contributed by atoms with Crippen molar-refractivity contribution >= 4 is 11.8 Å². The van der Waals surface area contributed by atoms with E-state index in [9.17, 15) is 30.0 Å². The SMILES string of the molecule is CC12CCC3C(CC=C4CC(O[C@@H]5OC(C(=O)O)[C@@H](O)[C@H](O)[C@H]5O)CCC43C)C1CCC2=O. The lowest BCUT2D eigenvalue weighted by atomic mass is 9.48. The highest BCUT2D eigenvalue weighted by Gasteiger charge is 2.59. The van der Waals surface area contributed by atoms with Gasteiger partial charge in [-0.1, -0.05) is 25.5 Å². The second-order valence-corrected chi connectivity index (χ2v) is 11.4. The van der Waals surface area contributed by atoms with Crippen molar-refractivity contribution in [3.63, 3.8) is 0 Å². The third kappa shape index (κ3) is 3.52. The second-order valence-electron chi connectivity index (χ2n) is 11.4. The molecule has 0 bridgehead atoms. The monoisotopic (exact) mass is 464 g/mol. The van der Waals surface area contributed by atoms with Gasteiger partial charge in [-0.15, -0.1) is 0 Å². The van der Waals surface area contributed by atoms with Gasteiger partial charge in [-0.05, 0) is 68.1 Å². The van der Waals surface area contributed by atoms with Crippen molar-refractivity contribution < 1.29 is 39.5 Å². The number of fused-ring (bicyclic) bond motifs is 5. The molecule has 11 atom stereocenters. The van der Waals surface area contributed by atoms with Gasteiger partial charge in [0, 0.05) is 11.8 Å². The summed E-state index contributed by atoms with van der Waals surface area (Å²) in [6, 6.07) is 0. The van der Waals surface area contributed by atoms with E-state index < -0.39 is 36.7 Å². The normalized spacial score (nSPS) is 51.8. The molecule has 4 N–H and O–H groups in total. The van der Waals surface area contributed by atoms with E-state index in [1.54, 1.807) is 0 Å². The number of hydrogen-bond acceptors (Lipinski definition) is 7. The number of Topliss-reactive ketones (excluding diaryl/α,β-unsaturated/α-hetero) is 1. The van der Waals surface area contributed by atoms with Crippen LogP contribution in [0.5, 0.6) is 0 Å². The van der Waals surface area contributed by atoms with Crippen LogP contribution in [-0.2, 0) is 19.1 Å². The maximum Gasteiger partial charge on any atom is 0.335 e. The molecule has 4 fully saturated rings.